The Morgan fingerprint density at radius 1 is 1.12 bits per heavy atom. The first-order valence-electron chi connectivity index (χ1n) is 12.1. The number of anilines is 1. The number of aromatic nitrogens is 3. The molecular formula is C26H32ClN7. The second-order valence-electron chi connectivity index (χ2n) is 9.44. The number of hydrogen-bond donors (Lipinski definition) is 3. The van der Waals surface area contributed by atoms with Crippen molar-refractivity contribution in [3.8, 4) is 0 Å². The molecule has 3 heterocycles. The summed E-state index contributed by atoms with van der Waals surface area (Å²) in [5.74, 6) is 1.91. The summed E-state index contributed by atoms with van der Waals surface area (Å²) in [5.41, 5.74) is 16.2. The lowest BCUT2D eigenvalue weighted by Gasteiger charge is -2.28. The standard InChI is InChI=1S/C26H32ClN7/c27-26-32-24(29)23-21(22(28)10-13-31-15-17-4-2-1-3-5-17)16-34(25(23)33-26)20-7-6-19(14-20)18-8-11-30-12-9-18/h1-5,10,13,16,18-20,30H,6-9,11-12,14-15,28H2,(H2,29,32,33)/b22-10-,31-13?. The Kier molecular flexibility index (Phi) is 6.83. The van der Waals surface area contributed by atoms with Crippen LogP contribution >= 0.6 is 11.6 Å². The van der Waals surface area contributed by atoms with E-state index in [9.17, 15) is 0 Å². The highest BCUT2D eigenvalue weighted by atomic mass is 35.5. The topological polar surface area (TPSA) is 107 Å². The number of halogens is 1. The minimum atomic E-state index is 0.163. The van der Waals surface area contributed by atoms with Crippen molar-refractivity contribution >= 4 is 40.4 Å². The normalized spacial score (nSPS) is 22.2. The molecule has 1 aliphatic carbocycles. The number of nitrogens with zero attached hydrogens (tertiary/aromatic N) is 4. The molecule has 2 unspecified atom stereocenters. The maximum absolute atomic E-state index is 6.51. The minimum Gasteiger partial charge on any atom is -0.398 e. The lowest BCUT2D eigenvalue weighted by Crippen LogP contribution is -2.31. The molecule has 2 fully saturated rings. The third-order valence-electron chi connectivity index (χ3n) is 7.35. The number of nitrogens with one attached hydrogen (secondary N) is 1. The molecule has 34 heavy (non-hydrogen) atoms. The second kappa shape index (κ2) is 10.2. The highest BCUT2D eigenvalue weighted by molar-refractivity contribution is 6.28. The minimum absolute atomic E-state index is 0.163. The summed E-state index contributed by atoms with van der Waals surface area (Å²) in [6, 6.07) is 10.5. The van der Waals surface area contributed by atoms with Gasteiger partial charge in [-0.2, -0.15) is 4.98 Å². The largest absolute Gasteiger partial charge is 0.398 e. The Bertz CT molecular complexity index is 1190. The van der Waals surface area contributed by atoms with E-state index in [2.05, 4.69) is 43.2 Å². The zero-order valence-electron chi connectivity index (χ0n) is 19.3. The number of fused-ring (bicyclic) bond motifs is 1. The first kappa shape index (κ1) is 22.9. The van der Waals surface area contributed by atoms with Gasteiger partial charge in [0.1, 0.15) is 11.5 Å². The molecule has 0 bridgehead atoms. The first-order valence-corrected chi connectivity index (χ1v) is 12.5. The van der Waals surface area contributed by atoms with E-state index in [4.69, 9.17) is 23.1 Å². The summed E-state index contributed by atoms with van der Waals surface area (Å²) in [6.45, 7) is 2.87. The third-order valence-corrected chi connectivity index (χ3v) is 7.52. The van der Waals surface area contributed by atoms with Crippen LogP contribution < -0.4 is 16.8 Å². The van der Waals surface area contributed by atoms with E-state index in [1.165, 1.54) is 19.3 Å². The fourth-order valence-electron chi connectivity index (χ4n) is 5.60. The predicted molar refractivity (Wildman–Crippen MR) is 140 cm³/mol. The van der Waals surface area contributed by atoms with Gasteiger partial charge in [-0.05, 0) is 80.3 Å². The number of nitrogens with two attached hydrogens (primary N) is 2. The summed E-state index contributed by atoms with van der Waals surface area (Å²) in [4.78, 5) is 13.3. The summed E-state index contributed by atoms with van der Waals surface area (Å²) >= 11 is 6.21. The van der Waals surface area contributed by atoms with Crippen molar-refractivity contribution in [2.45, 2.75) is 44.7 Å². The van der Waals surface area contributed by atoms with Crippen LogP contribution in [-0.2, 0) is 6.54 Å². The van der Waals surface area contributed by atoms with Crippen molar-refractivity contribution in [3.63, 3.8) is 0 Å². The molecule has 2 atom stereocenters. The highest BCUT2D eigenvalue weighted by Gasteiger charge is 2.33. The average Bonchev–Trinajstić information content (AvgIpc) is 3.48. The van der Waals surface area contributed by atoms with Gasteiger partial charge >= 0.3 is 0 Å². The van der Waals surface area contributed by atoms with Gasteiger partial charge in [0.2, 0.25) is 5.28 Å². The molecule has 8 heteroatoms. The monoisotopic (exact) mass is 477 g/mol. The van der Waals surface area contributed by atoms with Crippen LogP contribution in [-0.4, -0.2) is 33.8 Å². The van der Waals surface area contributed by atoms with Crippen LogP contribution in [0.1, 0.15) is 49.3 Å². The summed E-state index contributed by atoms with van der Waals surface area (Å²) in [6.07, 6.45) is 11.7. The van der Waals surface area contributed by atoms with Crippen molar-refractivity contribution in [3.05, 3.63) is 59.0 Å². The molecule has 5 N–H and O–H groups in total. The maximum Gasteiger partial charge on any atom is 0.226 e. The van der Waals surface area contributed by atoms with E-state index in [0.717, 1.165) is 59.9 Å². The third kappa shape index (κ3) is 4.81. The van der Waals surface area contributed by atoms with Crippen LogP contribution in [0.5, 0.6) is 0 Å². The van der Waals surface area contributed by atoms with Crippen LogP contribution in [0, 0.1) is 11.8 Å². The van der Waals surface area contributed by atoms with Gasteiger partial charge in [-0.3, -0.25) is 4.99 Å². The molecule has 7 nitrogen and oxygen atoms in total. The van der Waals surface area contributed by atoms with Gasteiger partial charge in [-0.1, -0.05) is 30.3 Å². The molecule has 5 rings (SSSR count). The molecule has 178 valence electrons. The lowest BCUT2D eigenvalue weighted by molar-refractivity contribution is 0.257. The molecule has 1 saturated heterocycles. The number of piperidine rings is 1. The summed E-state index contributed by atoms with van der Waals surface area (Å²) < 4.78 is 2.23. The Hall–Kier alpha value is -2.90. The Labute approximate surface area is 205 Å². The zero-order chi connectivity index (χ0) is 23.5. The Morgan fingerprint density at radius 3 is 2.71 bits per heavy atom. The first-order chi connectivity index (χ1) is 16.6. The van der Waals surface area contributed by atoms with E-state index < -0.39 is 0 Å². The van der Waals surface area contributed by atoms with Crippen molar-refractivity contribution in [1.82, 2.24) is 19.9 Å². The van der Waals surface area contributed by atoms with Crippen molar-refractivity contribution in [1.29, 1.82) is 0 Å². The Balaban J connectivity index is 1.41. The van der Waals surface area contributed by atoms with E-state index >= 15 is 0 Å². The summed E-state index contributed by atoms with van der Waals surface area (Å²) in [5, 5.41) is 4.41. The van der Waals surface area contributed by atoms with Crippen LogP contribution in [0.2, 0.25) is 5.28 Å². The lowest BCUT2D eigenvalue weighted by atomic mass is 9.84. The van der Waals surface area contributed by atoms with Gasteiger partial charge in [0, 0.05) is 29.7 Å². The number of nitrogen functional groups attached to an aromatic ring is 1. The number of allylic oxidation sites excluding steroid dienone is 1. The average molecular weight is 478 g/mol. The molecule has 0 spiro atoms. The van der Waals surface area contributed by atoms with Gasteiger partial charge in [0.25, 0.3) is 0 Å². The van der Waals surface area contributed by atoms with Crippen LogP contribution in [0.15, 0.2) is 47.6 Å². The van der Waals surface area contributed by atoms with Crippen LogP contribution in [0.25, 0.3) is 16.7 Å². The van der Waals surface area contributed by atoms with E-state index in [0.29, 0.717) is 24.1 Å². The number of rotatable bonds is 6. The Morgan fingerprint density at radius 2 is 1.91 bits per heavy atom. The predicted octanol–water partition coefficient (Wildman–Crippen LogP) is 4.58. The molecule has 1 saturated carbocycles. The van der Waals surface area contributed by atoms with Gasteiger partial charge in [-0.15, -0.1) is 0 Å². The summed E-state index contributed by atoms with van der Waals surface area (Å²) in [7, 11) is 0. The zero-order valence-corrected chi connectivity index (χ0v) is 20.1. The van der Waals surface area contributed by atoms with E-state index in [1.54, 1.807) is 6.21 Å². The van der Waals surface area contributed by atoms with Gasteiger partial charge in [0.15, 0.2) is 0 Å². The molecular weight excluding hydrogens is 446 g/mol. The van der Waals surface area contributed by atoms with E-state index in [-0.39, 0.29) is 5.28 Å². The molecule has 3 aromatic rings. The molecule has 0 amide bonds. The maximum atomic E-state index is 6.51. The fourth-order valence-corrected chi connectivity index (χ4v) is 5.77. The molecule has 1 aromatic carbocycles. The quantitative estimate of drug-likeness (QED) is 0.356. The van der Waals surface area contributed by atoms with E-state index in [1.807, 2.05) is 24.3 Å². The van der Waals surface area contributed by atoms with Crippen molar-refractivity contribution in [2.75, 3.05) is 18.8 Å². The molecule has 2 aliphatic rings. The van der Waals surface area contributed by atoms with Crippen molar-refractivity contribution < 1.29 is 0 Å². The van der Waals surface area contributed by atoms with Crippen molar-refractivity contribution in [2.24, 2.45) is 22.6 Å². The smallest absolute Gasteiger partial charge is 0.226 e. The second-order valence-corrected chi connectivity index (χ2v) is 9.78. The molecule has 2 aromatic heterocycles. The van der Waals surface area contributed by atoms with Gasteiger partial charge < -0.3 is 21.4 Å². The molecule has 0 radical (unpaired) electrons. The number of hydrogen-bond acceptors (Lipinski definition) is 6. The number of benzene rings is 1. The molecule has 1 aliphatic heterocycles. The number of aliphatic imine (C=N–C) groups is 1. The van der Waals surface area contributed by atoms with Gasteiger partial charge in [0.05, 0.1) is 11.9 Å². The van der Waals surface area contributed by atoms with Gasteiger partial charge in [-0.25, -0.2) is 4.98 Å². The SMILES string of the molecule is N/C(=C\C=NCc1ccccc1)c1cn(C2CCC(C3CCNCC3)C2)c2nc(Cl)nc(N)c12. The van der Waals surface area contributed by atoms with Crippen LogP contribution in [0.3, 0.4) is 0 Å². The highest BCUT2D eigenvalue weighted by Crippen LogP contribution is 2.43. The van der Waals surface area contributed by atoms with Crippen LogP contribution in [0.4, 0.5) is 5.82 Å². The fraction of sp³-hybridized carbons (Fsp3) is 0.423.